The monoisotopic (exact) mass is 199 g/mol. The van der Waals surface area contributed by atoms with Crippen LogP contribution in [0, 0.1) is 0 Å². The van der Waals surface area contributed by atoms with Crippen LogP contribution in [0.2, 0.25) is 0 Å². The van der Waals surface area contributed by atoms with Gasteiger partial charge in [-0.3, -0.25) is 9.69 Å². The van der Waals surface area contributed by atoms with E-state index >= 15 is 0 Å². The highest BCUT2D eigenvalue weighted by Crippen LogP contribution is 2.09. The summed E-state index contributed by atoms with van der Waals surface area (Å²) in [6.45, 7) is 2.96. The molecule has 1 heterocycles. The molecule has 0 bridgehead atoms. The molecule has 14 heavy (non-hydrogen) atoms. The van der Waals surface area contributed by atoms with Crippen LogP contribution in [0.1, 0.15) is 26.2 Å². The predicted molar refractivity (Wildman–Crippen MR) is 52.6 cm³/mol. The molecule has 3 amide bonds. The average Bonchev–Trinajstić information content (AvgIpc) is 2.45. The SMILES string of the molecule is CCC1NC(=O)N(CCCCN)C1=O. The smallest absolute Gasteiger partial charge is 0.324 e. The minimum absolute atomic E-state index is 0.102. The van der Waals surface area contributed by atoms with Gasteiger partial charge in [-0.2, -0.15) is 0 Å². The number of nitrogens with two attached hydrogens (primary N) is 1. The van der Waals surface area contributed by atoms with E-state index in [4.69, 9.17) is 5.73 Å². The van der Waals surface area contributed by atoms with E-state index in [2.05, 4.69) is 5.32 Å². The summed E-state index contributed by atoms with van der Waals surface area (Å²) in [5.74, 6) is -0.102. The van der Waals surface area contributed by atoms with Crippen LogP contribution in [0.25, 0.3) is 0 Å². The third-order valence-electron chi connectivity index (χ3n) is 2.35. The molecule has 0 aliphatic carbocycles. The van der Waals surface area contributed by atoms with Crippen LogP contribution in [0.3, 0.4) is 0 Å². The molecule has 5 heteroatoms. The molecule has 0 radical (unpaired) electrons. The molecule has 1 aliphatic rings. The van der Waals surface area contributed by atoms with Gasteiger partial charge >= 0.3 is 6.03 Å². The minimum Gasteiger partial charge on any atom is -0.330 e. The maximum Gasteiger partial charge on any atom is 0.324 e. The third-order valence-corrected chi connectivity index (χ3v) is 2.35. The van der Waals surface area contributed by atoms with Gasteiger partial charge in [0.05, 0.1) is 0 Å². The van der Waals surface area contributed by atoms with E-state index < -0.39 is 0 Å². The topological polar surface area (TPSA) is 75.4 Å². The standard InChI is InChI=1S/C9H17N3O2/c1-2-7-8(13)12(9(14)11-7)6-4-3-5-10/h7H,2-6,10H2,1H3,(H,11,14). The highest BCUT2D eigenvalue weighted by molar-refractivity contribution is 6.04. The van der Waals surface area contributed by atoms with Crippen LogP contribution < -0.4 is 11.1 Å². The maximum absolute atomic E-state index is 11.6. The first-order chi connectivity index (χ1) is 6.70. The van der Waals surface area contributed by atoms with E-state index in [-0.39, 0.29) is 18.0 Å². The van der Waals surface area contributed by atoms with Gasteiger partial charge in [-0.15, -0.1) is 0 Å². The quantitative estimate of drug-likeness (QED) is 0.485. The van der Waals surface area contributed by atoms with Gasteiger partial charge in [-0.25, -0.2) is 4.79 Å². The number of carbonyl (C=O) groups excluding carboxylic acids is 2. The van der Waals surface area contributed by atoms with Crippen LogP contribution in [-0.4, -0.2) is 36.0 Å². The summed E-state index contributed by atoms with van der Waals surface area (Å²) < 4.78 is 0. The van der Waals surface area contributed by atoms with E-state index in [9.17, 15) is 9.59 Å². The number of hydrogen-bond acceptors (Lipinski definition) is 3. The summed E-state index contributed by atoms with van der Waals surface area (Å²) in [5.41, 5.74) is 5.33. The van der Waals surface area contributed by atoms with Crippen molar-refractivity contribution in [2.24, 2.45) is 5.73 Å². The minimum atomic E-state index is -0.319. The number of urea groups is 1. The van der Waals surface area contributed by atoms with Crippen LogP contribution >= 0.6 is 0 Å². The first-order valence-electron chi connectivity index (χ1n) is 5.02. The van der Waals surface area contributed by atoms with Gasteiger partial charge in [0.25, 0.3) is 5.91 Å². The van der Waals surface area contributed by atoms with E-state index in [1.54, 1.807) is 0 Å². The van der Waals surface area contributed by atoms with Crippen LogP contribution in [0.5, 0.6) is 0 Å². The highest BCUT2D eigenvalue weighted by Gasteiger charge is 2.35. The van der Waals surface area contributed by atoms with E-state index in [1.807, 2.05) is 6.92 Å². The van der Waals surface area contributed by atoms with Crippen LogP contribution in [-0.2, 0) is 4.79 Å². The second kappa shape index (κ2) is 4.95. The lowest BCUT2D eigenvalue weighted by atomic mass is 10.2. The molecule has 1 saturated heterocycles. The number of hydrogen-bond donors (Lipinski definition) is 2. The molecule has 0 aromatic heterocycles. The highest BCUT2D eigenvalue weighted by atomic mass is 16.2. The molecule has 1 fully saturated rings. The molecule has 80 valence electrons. The first-order valence-corrected chi connectivity index (χ1v) is 5.02. The van der Waals surface area contributed by atoms with E-state index in [0.717, 1.165) is 12.8 Å². The Hall–Kier alpha value is -1.10. The van der Waals surface area contributed by atoms with Crippen molar-refractivity contribution in [1.29, 1.82) is 0 Å². The Kier molecular flexibility index (Phi) is 3.88. The fourth-order valence-electron chi connectivity index (χ4n) is 1.48. The zero-order valence-corrected chi connectivity index (χ0v) is 8.45. The number of imide groups is 1. The first kappa shape index (κ1) is 11.0. The molecule has 1 aliphatic heterocycles. The number of carbonyl (C=O) groups is 2. The summed E-state index contributed by atoms with van der Waals surface area (Å²) in [6.07, 6.45) is 2.28. The molecule has 3 N–H and O–H groups in total. The molecule has 1 atom stereocenters. The second-order valence-electron chi connectivity index (χ2n) is 3.40. The van der Waals surface area contributed by atoms with E-state index in [0.29, 0.717) is 19.5 Å². The summed E-state index contributed by atoms with van der Waals surface area (Å²) in [6, 6.07) is -0.584. The lowest BCUT2D eigenvalue weighted by Gasteiger charge is -2.11. The number of unbranched alkanes of at least 4 members (excludes halogenated alkanes) is 1. The van der Waals surface area contributed by atoms with Gasteiger partial charge < -0.3 is 11.1 Å². The van der Waals surface area contributed by atoms with Crippen molar-refractivity contribution >= 4 is 11.9 Å². The molecule has 1 unspecified atom stereocenters. The van der Waals surface area contributed by atoms with Gasteiger partial charge in [-0.1, -0.05) is 6.92 Å². The second-order valence-corrected chi connectivity index (χ2v) is 3.40. The van der Waals surface area contributed by atoms with Gasteiger partial charge in [0.15, 0.2) is 0 Å². The van der Waals surface area contributed by atoms with E-state index in [1.165, 1.54) is 4.90 Å². The fraction of sp³-hybridized carbons (Fsp3) is 0.778. The molecule has 1 rings (SSSR count). The molecule has 0 aromatic carbocycles. The molecule has 0 aromatic rings. The summed E-state index contributed by atoms with van der Waals surface area (Å²) >= 11 is 0. The Morgan fingerprint density at radius 3 is 2.64 bits per heavy atom. The van der Waals surface area contributed by atoms with Crippen molar-refractivity contribution in [3.8, 4) is 0 Å². The number of nitrogens with one attached hydrogen (secondary N) is 1. The molecule has 0 saturated carbocycles. The molecule has 0 spiro atoms. The lowest BCUT2D eigenvalue weighted by molar-refractivity contribution is -0.127. The summed E-state index contributed by atoms with van der Waals surface area (Å²) in [4.78, 5) is 24.1. The number of rotatable bonds is 5. The Morgan fingerprint density at radius 1 is 1.43 bits per heavy atom. The van der Waals surface area contributed by atoms with Crippen molar-refractivity contribution < 1.29 is 9.59 Å². The van der Waals surface area contributed by atoms with Crippen LogP contribution in [0.4, 0.5) is 4.79 Å². The largest absolute Gasteiger partial charge is 0.330 e. The number of amides is 3. The van der Waals surface area contributed by atoms with Gasteiger partial charge in [0.1, 0.15) is 6.04 Å². The van der Waals surface area contributed by atoms with Crippen molar-refractivity contribution in [3.63, 3.8) is 0 Å². The Bertz CT molecular complexity index is 230. The van der Waals surface area contributed by atoms with Crippen molar-refractivity contribution in [2.75, 3.05) is 13.1 Å². The van der Waals surface area contributed by atoms with Crippen molar-refractivity contribution in [2.45, 2.75) is 32.2 Å². The van der Waals surface area contributed by atoms with Crippen LogP contribution in [0.15, 0.2) is 0 Å². The lowest BCUT2D eigenvalue weighted by Crippen LogP contribution is -2.32. The van der Waals surface area contributed by atoms with Gasteiger partial charge in [-0.05, 0) is 25.8 Å². The van der Waals surface area contributed by atoms with Gasteiger partial charge in [0.2, 0.25) is 0 Å². The number of nitrogens with zero attached hydrogens (tertiary/aromatic N) is 1. The zero-order valence-electron chi connectivity index (χ0n) is 8.45. The third kappa shape index (κ3) is 2.23. The summed E-state index contributed by atoms with van der Waals surface area (Å²) in [5, 5.41) is 2.64. The molecular formula is C9H17N3O2. The Labute approximate surface area is 83.6 Å². The van der Waals surface area contributed by atoms with Gasteiger partial charge in [0, 0.05) is 6.54 Å². The molecular weight excluding hydrogens is 182 g/mol. The predicted octanol–water partition coefficient (Wildman–Crippen LogP) is 0.0557. The zero-order chi connectivity index (χ0) is 10.6. The summed E-state index contributed by atoms with van der Waals surface area (Å²) in [7, 11) is 0. The van der Waals surface area contributed by atoms with Crippen molar-refractivity contribution in [3.05, 3.63) is 0 Å². The normalized spacial score (nSPS) is 21.6. The van der Waals surface area contributed by atoms with Crippen molar-refractivity contribution in [1.82, 2.24) is 10.2 Å². The Morgan fingerprint density at radius 2 is 2.14 bits per heavy atom. The Balaban J connectivity index is 2.44. The maximum atomic E-state index is 11.6. The molecule has 5 nitrogen and oxygen atoms in total. The average molecular weight is 199 g/mol. The fourth-order valence-corrected chi connectivity index (χ4v) is 1.48.